The van der Waals surface area contributed by atoms with Crippen LogP contribution in [0.15, 0.2) is 35.1 Å². The number of pyridine rings is 1. The Morgan fingerprint density at radius 2 is 1.88 bits per heavy atom. The average Bonchev–Trinajstić information content (AvgIpc) is 3.47. The van der Waals surface area contributed by atoms with Crippen LogP contribution in [0, 0.1) is 0 Å². The molecule has 6 nitrogen and oxygen atoms in total. The summed E-state index contributed by atoms with van der Waals surface area (Å²) in [6.07, 6.45) is 5.76. The molecule has 3 heterocycles. The second-order valence-electron chi connectivity index (χ2n) is 6.26. The fourth-order valence-corrected chi connectivity index (χ4v) is 3.32. The van der Waals surface area contributed by atoms with Crippen LogP contribution in [0.1, 0.15) is 34.8 Å². The molecule has 0 atom stereocenters. The monoisotopic (exact) mass is 387 g/mol. The lowest BCUT2D eigenvalue weighted by molar-refractivity contribution is 0.0746. The lowest BCUT2D eigenvalue weighted by Gasteiger charge is -2.35. The summed E-state index contributed by atoms with van der Waals surface area (Å²) < 4.78 is 0.818. The Morgan fingerprint density at radius 3 is 2.50 bits per heavy atom. The second kappa shape index (κ2) is 6.47. The highest BCUT2D eigenvalue weighted by molar-refractivity contribution is 9.10. The number of carbonyl (C=O) groups excluding carboxylic acids is 1. The minimum atomic E-state index is 0.0265. The molecule has 1 amide bonds. The second-order valence-corrected chi connectivity index (χ2v) is 7.18. The SMILES string of the molecule is O=C(c1cncc(Br)c1)N1CCN(c2ccc(C3CC3)nn2)CC1. The van der Waals surface area contributed by atoms with Gasteiger partial charge in [-0.2, -0.15) is 5.10 Å². The van der Waals surface area contributed by atoms with E-state index in [0.29, 0.717) is 24.6 Å². The number of anilines is 1. The minimum Gasteiger partial charge on any atom is -0.352 e. The van der Waals surface area contributed by atoms with Crippen LogP contribution in [0.25, 0.3) is 0 Å². The predicted molar refractivity (Wildman–Crippen MR) is 94.1 cm³/mol. The quantitative estimate of drug-likeness (QED) is 0.809. The van der Waals surface area contributed by atoms with Crippen LogP contribution in [0.5, 0.6) is 0 Å². The Morgan fingerprint density at radius 1 is 1.08 bits per heavy atom. The highest BCUT2D eigenvalue weighted by Gasteiger charge is 2.26. The molecule has 0 radical (unpaired) electrons. The number of carbonyl (C=O) groups is 1. The molecule has 0 unspecified atom stereocenters. The van der Waals surface area contributed by atoms with Crippen LogP contribution >= 0.6 is 15.9 Å². The van der Waals surface area contributed by atoms with E-state index in [1.165, 1.54) is 12.8 Å². The molecule has 0 bridgehead atoms. The molecule has 124 valence electrons. The summed E-state index contributed by atoms with van der Waals surface area (Å²) in [4.78, 5) is 20.7. The molecule has 4 rings (SSSR count). The number of amides is 1. The van der Waals surface area contributed by atoms with E-state index >= 15 is 0 Å². The number of hydrogen-bond donors (Lipinski definition) is 0. The number of halogens is 1. The van der Waals surface area contributed by atoms with Crippen molar-refractivity contribution >= 4 is 27.7 Å². The normalized spacial score (nSPS) is 17.9. The van der Waals surface area contributed by atoms with Gasteiger partial charge in [0.25, 0.3) is 5.91 Å². The predicted octanol–water partition coefficient (Wildman–Crippen LogP) is 2.47. The Labute approximate surface area is 149 Å². The molecule has 1 aliphatic heterocycles. The van der Waals surface area contributed by atoms with E-state index in [1.807, 2.05) is 11.0 Å². The number of nitrogens with zero attached hydrogens (tertiary/aromatic N) is 5. The third-order valence-electron chi connectivity index (χ3n) is 4.51. The van der Waals surface area contributed by atoms with Gasteiger partial charge in [-0.3, -0.25) is 9.78 Å². The van der Waals surface area contributed by atoms with Gasteiger partial charge in [-0.25, -0.2) is 0 Å². The fourth-order valence-electron chi connectivity index (χ4n) is 2.95. The number of hydrogen-bond acceptors (Lipinski definition) is 5. The van der Waals surface area contributed by atoms with Gasteiger partial charge in [0, 0.05) is 49.0 Å². The van der Waals surface area contributed by atoms with E-state index in [4.69, 9.17) is 0 Å². The van der Waals surface area contributed by atoms with Gasteiger partial charge >= 0.3 is 0 Å². The van der Waals surface area contributed by atoms with Crippen LogP contribution in [0.4, 0.5) is 5.82 Å². The van der Waals surface area contributed by atoms with Crippen LogP contribution in [-0.4, -0.2) is 52.2 Å². The van der Waals surface area contributed by atoms with E-state index in [-0.39, 0.29) is 5.91 Å². The number of aromatic nitrogens is 3. The maximum absolute atomic E-state index is 12.5. The molecule has 1 saturated carbocycles. The lowest BCUT2D eigenvalue weighted by Crippen LogP contribution is -2.49. The third kappa shape index (κ3) is 3.26. The summed E-state index contributed by atoms with van der Waals surface area (Å²) >= 11 is 3.36. The van der Waals surface area contributed by atoms with E-state index in [9.17, 15) is 4.79 Å². The van der Waals surface area contributed by atoms with E-state index in [0.717, 1.165) is 29.1 Å². The smallest absolute Gasteiger partial charge is 0.255 e. The van der Waals surface area contributed by atoms with Gasteiger partial charge in [-0.1, -0.05) is 0 Å². The maximum Gasteiger partial charge on any atom is 0.255 e. The van der Waals surface area contributed by atoms with E-state index in [1.54, 1.807) is 12.4 Å². The zero-order valence-corrected chi connectivity index (χ0v) is 14.8. The largest absolute Gasteiger partial charge is 0.352 e. The van der Waals surface area contributed by atoms with E-state index < -0.39 is 0 Å². The van der Waals surface area contributed by atoms with Crippen LogP contribution < -0.4 is 4.90 Å². The van der Waals surface area contributed by atoms with E-state index in [2.05, 4.69) is 48.1 Å². The molecule has 24 heavy (non-hydrogen) atoms. The average molecular weight is 388 g/mol. The fraction of sp³-hybridized carbons (Fsp3) is 0.412. The molecule has 0 aromatic carbocycles. The van der Waals surface area contributed by atoms with Crippen molar-refractivity contribution in [2.24, 2.45) is 0 Å². The topological polar surface area (TPSA) is 62.2 Å². The van der Waals surface area contributed by atoms with Crippen LogP contribution in [-0.2, 0) is 0 Å². The molecule has 1 saturated heterocycles. The van der Waals surface area contributed by atoms with Crippen molar-refractivity contribution in [2.75, 3.05) is 31.1 Å². The van der Waals surface area contributed by atoms with Crippen molar-refractivity contribution in [3.63, 3.8) is 0 Å². The standard InChI is InChI=1S/C17H18BrN5O/c18-14-9-13(10-19-11-14)17(24)23-7-5-22(6-8-23)16-4-3-15(20-21-16)12-1-2-12/h3-4,9-12H,1-2,5-8H2. The molecular formula is C17H18BrN5O. The van der Waals surface area contributed by atoms with Crippen LogP contribution in [0.3, 0.4) is 0 Å². The number of piperazine rings is 1. The highest BCUT2D eigenvalue weighted by atomic mass is 79.9. The van der Waals surface area contributed by atoms with Crippen molar-refractivity contribution < 1.29 is 4.79 Å². The Balaban J connectivity index is 1.38. The molecule has 2 aromatic rings. The first-order valence-corrected chi connectivity index (χ1v) is 8.98. The molecule has 0 N–H and O–H groups in total. The van der Waals surface area contributed by atoms with Crippen molar-refractivity contribution in [2.45, 2.75) is 18.8 Å². The molecule has 2 fully saturated rings. The van der Waals surface area contributed by atoms with Gasteiger partial charge in [0.15, 0.2) is 5.82 Å². The van der Waals surface area contributed by atoms with Crippen molar-refractivity contribution in [1.82, 2.24) is 20.1 Å². The Bertz CT molecular complexity index is 739. The maximum atomic E-state index is 12.5. The summed E-state index contributed by atoms with van der Waals surface area (Å²) in [5.74, 6) is 1.55. The van der Waals surface area contributed by atoms with Crippen molar-refractivity contribution in [3.05, 3.63) is 46.3 Å². The first-order valence-electron chi connectivity index (χ1n) is 8.19. The molecule has 1 aliphatic carbocycles. The lowest BCUT2D eigenvalue weighted by atomic mass is 10.2. The van der Waals surface area contributed by atoms with Gasteiger partial charge in [-0.05, 0) is 47.0 Å². The minimum absolute atomic E-state index is 0.0265. The Hall–Kier alpha value is -2.02. The summed E-state index contributed by atoms with van der Waals surface area (Å²) in [5, 5.41) is 8.70. The summed E-state index contributed by atoms with van der Waals surface area (Å²) in [5.41, 5.74) is 1.72. The molecule has 7 heteroatoms. The van der Waals surface area contributed by atoms with Gasteiger partial charge in [-0.15, -0.1) is 5.10 Å². The molecular weight excluding hydrogens is 370 g/mol. The third-order valence-corrected chi connectivity index (χ3v) is 4.94. The van der Waals surface area contributed by atoms with Gasteiger partial charge in [0.05, 0.1) is 11.3 Å². The highest BCUT2D eigenvalue weighted by Crippen LogP contribution is 2.38. The summed E-state index contributed by atoms with van der Waals surface area (Å²) in [6, 6.07) is 5.95. The van der Waals surface area contributed by atoms with Crippen molar-refractivity contribution in [3.8, 4) is 0 Å². The molecule has 2 aromatic heterocycles. The van der Waals surface area contributed by atoms with Crippen LogP contribution in [0.2, 0.25) is 0 Å². The zero-order chi connectivity index (χ0) is 16.5. The summed E-state index contributed by atoms with van der Waals surface area (Å²) in [6.45, 7) is 2.89. The van der Waals surface area contributed by atoms with Gasteiger partial charge in [0.2, 0.25) is 0 Å². The molecule has 2 aliphatic rings. The zero-order valence-electron chi connectivity index (χ0n) is 13.2. The molecule has 0 spiro atoms. The van der Waals surface area contributed by atoms with Gasteiger partial charge < -0.3 is 9.80 Å². The summed E-state index contributed by atoms with van der Waals surface area (Å²) in [7, 11) is 0. The first-order chi connectivity index (χ1) is 11.7. The Kier molecular flexibility index (Phi) is 4.18. The van der Waals surface area contributed by atoms with Crippen molar-refractivity contribution in [1.29, 1.82) is 0 Å². The first kappa shape index (κ1) is 15.5. The number of rotatable bonds is 3. The van der Waals surface area contributed by atoms with Gasteiger partial charge in [0.1, 0.15) is 0 Å².